The Kier molecular flexibility index (Phi) is 3.22. The lowest BCUT2D eigenvalue weighted by Gasteiger charge is -2.31. The number of aliphatic carboxylic acids is 1. The van der Waals surface area contributed by atoms with E-state index in [2.05, 4.69) is 5.32 Å². The van der Waals surface area contributed by atoms with Gasteiger partial charge in [-0.15, -0.1) is 0 Å². The average molecular weight is 276 g/mol. The van der Waals surface area contributed by atoms with Gasteiger partial charge in [-0.05, 0) is 25.0 Å². The van der Waals surface area contributed by atoms with Crippen LogP contribution in [0.15, 0.2) is 24.3 Å². The van der Waals surface area contributed by atoms with Crippen molar-refractivity contribution in [2.24, 2.45) is 0 Å². The molecule has 106 valence electrons. The molecule has 3 rings (SSSR count). The molecule has 1 aromatic rings. The second kappa shape index (κ2) is 5.03. The summed E-state index contributed by atoms with van der Waals surface area (Å²) in [6.07, 6.45) is 0.571. The van der Waals surface area contributed by atoms with Crippen molar-refractivity contribution in [2.45, 2.75) is 25.0 Å². The number of nitrogens with one attached hydrogen (secondary N) is 1. The predicted molar refractivity (Wildman–Crippen MR) is 71.7 cm³/mol. The molecule has 0 radical (unpaired) electrons. The number of likely N-dealkylation sites (tertiary alicyclic amines) is 1. The third kappa shape index (κ3) is 2.17. The molecule has 1 amide bonds. The van der Waals surface area contributed by atoms with Crippen LogP contribution in [0.3, 0.4) is 0 Å². The van der Waals surface area contributed by atoms with E-state index in [4.69, 9.17) is 9.84 Å². The molecule has 1 fully saturated rings. The van der Waals surface area contributed by atoms with Crippen LogP contribution >= 0.6 is 0 Å². The minimum atomic E-state index is -0.944. The molecule has 0 spiro atoms. The number of fused-ring (bicyclic) bond motifs is 1. The summed E-state index contributed by atoms with van der Waals surface area (Å²) in [5, 5.41) is 12.3. The molecule has 1 aromatic carbocycles. The molecule has 1 saturated heterocycles. The van der Waals surface area contributed by atoms with Crippen molar-refractivity contribution in [3.05, 3.63) is 24.3 Å². The zero-order valence-electron chi connectivity index (χ0n) is 10.9. The molecule has 6 nitrogen and oxygen atoms in total. The molecular weight excluding hydrogens is 260 g/mol. The Hall–Kier alpha value is -2.24. The maximum Gasteiger partial charge on any atom is 0.326 e. The number of ether oxygens (including phenoxy) is 1. The van der Waals surface area contributed by atoms with Crippen molar-refractivity contribution in [1.29, 1.82) is 0 Å². The van der Waals surface area contributed by atoms with Gasteiger partial charge in [0.15, 0.2) is 6.10 Å². The molecule has 2 atom stereocenters. The molecule has 0 bridgehead atoms. The number of nitrogens with zero attached hydrogens (tertiary/aromatic N) is 1. The quantitative estimate of drug-likeness (QED) is 0.840. The minimum absolute atomic E-state index is 0.253. The number of amides is 1. The predicted octanol–water partition coefficient (Wildman–Crippen LogP) is 0.935. The first-order chi connectivity index (χ1) is 9.66. The third-order valence-electron chi connectivity index (χ3n) is 3.73. The Morgan fingerprint density at radius 3 is 2.95 bits per heavy atom. The molecule has 2 N–H and O–H groups in total. The number of carbonyl (C=O) groups is 2. The van der Waals surface area contributed by atoms with Crippen LogP contribution in [0.25, 0.3) is 0 Å². The number of carboxylic acid groups (broad SMARTS) is 1. The maximum absolute atomic E-state index is 12.4. The topological polar surface area (TPSA) is 78.9 Å². The molecule has 0 aromatic heterocycles. The zero-order valence-corrected chi connectivity index (χ0v) is 10.9. The average Bonchev–Trinajstić information content (AvgIpc) is 2.95. The number of benzene rings is 1. The highest BCUT2D eigenvalue weighted by atomic mass is 16.5. The summed E-state index contributed by atoms with van der Waals surface area (Å²) in [6, 6.07) is 6.68. The number of para-hydroxylation sites is 2. The van der Waals surface area contributed by atoms with Gasteiger partial charge in [0.1, 0.15) is 11.8 Å². The van der Waals surface area contributed by atoms with Crippen LogP contribution in [0, 0.1) is 0 Å². The van der Waals surface area contributed by atoms with E-state index in [1.165, 1.54) is 4.90 Å². The largest absolute Gasteiger partial charge is 0.480 e. The Balaban J connectivity index is 1.74. The van der Waals surface area contributed by atoms with Crippen LogP contribution in [0.4, 0.5) is 5.69 Å². The van der Waals surface area contributed by atoms with E-state index >= 15 is 0 Å². The highest BCUT2D eigenvalue weighted by Gasteiger charge is 2.38. The summed E-state index contributed by atoms with van der Waals surface area (Å²) in [4.78, 5) is 25.0. The van der Waals surface area contributed by atoms with Crippen LogP contribution in [-0.4, -0.2) is 47.1 Å². The SMILES string of the molecule is O=C(O)C1CCCN1C(=O)C1CNc2ccccc2O1. The summed E-state index contributed by atoms with van der Waals surface area (Å²) < 4.78 is 5.69. The van der Waals surface area contributed by atoms with E-state index in [0.29, 0.717) is 25.3 Å². The molecule has 20 heavy (non-hydrogen) atoms. The first-order valence-corrected chi connectivity index (χ1v) is 6.69. The fraction of sp³-hybridized carbons (Fsp3) is 0.429. The van der Waals surface area contributed by atoms with Gasteiger partial charge in [0.25, 0.3) is 5.91 Å². The Morgan fingerprint density at radius 2 is 2.15 bits per heavy atom. The van der Waals surface area contributed by atoms with Crippen molar-refractivity contribution in [1.82, 2.24) is 4.90 Å². The summed E-state index contributed by atoms with van der Waals surface area (Å²) in [5.74, 6) is -0.569. The summed E-state index contributed by atoms with van der Waals surface area (Å²) >= 11 is 0. The first-order valence-electron chi connectivity index (χ1n) is 6.69. The summed E-state index contributed by atoms with van der Waals surface area (Å²) in [7, 11) is 0. The lowest BCUT2D eigenvalue weighted by molar-refractivity contribution is -0.151. The van der Waals surface area contributed by atoms with Crippen molar-refractivity contribution < 1.29 is 19.4 Å². The normalized spacial score (nSPS) is 24.5. The number of rotatable bonds is 2. The van der Waals surface area contributed by atoms with E-state index in [-0.39, 0.29) is 5.91 Å². The number of carboxylic acids is 1. The summed E-state index contributed by atoms with van der Waals surface area (Å²) in [5.41, 5.74) is 0.854. The van der Waals surface area contributed by atoms with E-state index < -0.39 is 18.1 Å². The monoisotopic (exact) mass is 276 g/mol. The van der Waals surface area contributed by atoms with Gasteiger partial charge in [0.05, 0.1) is 12.2 Å². The summed E-state index contributed by atoms with van der Waals surface area (Å²) in [6.45, 7) is 0.843. The van der Waals surface area contributed by atoms with Gasteiger partial charge in [-0.1, -0.05) is 12.1 Å². The van der Waals surface area contributed by atoms with Gasteiger partial charge < -0.3 is 20.1 Å². The van der Waals surface area contributed by atoms with Gasteiger partial charge in [-0.25, -0.2) is 4.79 Å². The van der Waals surface area contributed by atoms with Crippen LogP contribution in [0.5, 0.6) is 5.75 Å². The smallest absolute Gasteiger partial charge is 0.326 e. The molecule has 0 aliphatic carbocycles. The molecule has 2 aliphatic heterocycles. The second-order valence-electron chi connectivity index (χ2n) is 5.01. The van der Waals surface area contributed by atoms with Gasteiger partial charge in [-0.3, -0.25) is 4.79 Å². The molecule has 2 aliphatic rings. The lowest BCUT2D eigenvalue weighted by atomic mass is 10.2. The Morgan fingerprint density at radius 1 is 1.35 bits per heavy atom. The zero-order chi connectivity index (χ0) is 14.1. The van der Waals surface area contributed by atoms with E-state index in [1.54, 1.807) is 6.07 Å². The van der Waals surface area contributed by atoms with Crippen molar-refractivity contribution in [3.63, 3.8) is 0 Å². The van der Waals surface area contributed by atoms with Gasteiger partial charge >= 0.3 is 5.97 Å². The van der Waals surface area contributed by atoms with Crippen LogP contribution < -0.4 is 10.1 Å². The van der Waals surface area contributed by atoms with Gasteiger partial charge in [-0.2, -0.15) is 0 Å². The standard InChI is InChI=1S/C14H16N2O4/c17-13(16-7-3-5-10(16)14(18)19)12-8-15-9-4-1-2-6-11(9)20-12/h1-2,4,6,10,12,15H,3,5,7-8H2,(H,18,19). The van der Waals surface area contributed by atoms with E-state index in [1.807, 2.05) is 18.2 Å². The number of hydrogen-bond acceptors (Lipinski definition) is 4. The molecular formula is C14H16N2O4. The van der Waals surface area contributed by atoms with Gasteiger partial charge in [0.2, 0.25) is 0 Å². The third-order valence-corrected chi connectivity index (χ3v) is 3.73. The minimum Gasteiger partial charge on any atom is -0.480 e. The van der Waals surface area contributed by atoms with E-state index in [9.17, 15) is 9.59 Å². The number of anilines is 1. The molecule has 2 heterocycles. The second-order valence-corrected chi connectivity index (χ2v) is 5.01. The van der Waals surface area contributed by atoms with Crippen LogP contribution in [-0.2, 0) is 9.59 Å². The van der Waals surface area contributed by atoms with Crippen molar-refractivity contribution >= 4 is 17.6 Å². The van der Waals surface area contributed by atoms with Crippen LogP contribution in [0.1, 0.15) is 12.8 Å². The van der Waals surface area contributed by atoms with E-state index in [0.717, 1.165) is 12.1 Å². The maximum atomic E-state index is 12.4. The Labute approximate surface area is 116 Å². The number of hydrogen-bond donors (Lipinski definition) is 2. The van der Waals surface area contributed by atoms with Crippen molar-refractivity contribution in [2.75, 3.05) is 18.4 Å². The fourth-order valence-electron chi connectivity index (χ4n) is 2.72. The highest BCUT2D eigenvalue weighted by Crippen LogP contribution is 2.29. The highest BCUT2D eigenvalue weighted by molar-refractivity contribution is 5.88. The van der Waals surface area contributed by atoms with Crippen molar-refractivity contribution in [3.8, 4) is 5.75 Å². The molecule has 0 saturated carbocycles. The molecule has 2 unspecified atom stereocenters. The first kappa shape index (κ1) is 12.8. The Bertz CT molecular complexity index is 546. The number of carbonyl (C=O) groups excluding carboxylic acids is 1. The van der Waals surface area contributed by atoms with Gasteiger partial charge in [0, 0.05) is 6.54 Å². The lowest BCUT2D eigenvalue weighted by Crippen LogP contribution is -2.50. The van der Waals surface area contributed by atoms with Crippen LogP contribution in [0.2, 0.25) is 0 Å². The fourth-order valence-corrected chi connectivity index (χ4v) is 2.72. The molecule has 6 heteroatoms.